The summed E-state index contributed by atoms with van der Waals surface area (Å²) in [7, 11) is 4.19. The number of amides is 1. The SMILES string of the molecule is Cn1c2ccccc2c2c3c(cccc31)c1ccc(=NC(=O)OC(C)(C)C)cc1n2C. The molecule has 0 bridgehead atoms. The molecule has 2 heterocycles. The summed E-state index contributed by atoms with van der Waals surface area (Å²) < 4.78 is 9.83. The molecule has 0 aliphatic heterocycles. The average Bonchev–Trinajstić information content (AvgIpc) is 2.72. The van der Waals surface area contributed by atoms with Crippen molar-refractivity contribution < 1.29 is 9.53 Å². The summed E-state index contributed by atoms with van der Waals surface area (Å²) in [6.45, 7) is 5.51. The van der Waals surface area contributed by atoms with Gasteiger partial charge in [0, 0.05) is 30.3 Å². The van der Waals surface area contributed by atoms with Crippen molar-refractivity contribution >= 4 is 49.7 Å². The third-order valence-corrected chi connectivity index (χ3v) is 5.74. The lowest BCUT2D eigenvalue weighted by molar-refractivity contribution is 0.0597. The Morgan fingerprint density at radius 3 is 2.29 bits per heavy atom. The first-order valence-electron chi connectivity index (χ1n) is 10.4. The lowest BCUT2D eigenvalue weighted by Gasteiger charge is -2.20. The quantitative estimate of drug-likeness (QED) is 0.238. The van der Waals surface area contributed by atoms with Gasteiger partial charge in [-0.15, -0.1) is 0 Å². The number of aromatic nitrogens is 2. The van der Waals surface area contributed by atoms with Gasteiger partial charge in [0.15, 0.2) is 0 Å². The first-order chi connectivity index (χ1) is 14.7. The number of hydrogen-bond donors (Lipinski definition) is 0. The van der Waals surface area contributed by atoms with Crippen molar-refractivity contribution in [2.24, 2.45) is 19.1 Å². The molecule has 0 fully saturated rings. The highest BCUT2D eigenvalue weighted by Crippen LogP contribution is 2.36. The Balaban J connectivity index is 1.90. The number of carbonyl (C=O) groups excluding carboxylic acids is 1. The number of benzene rings is 3. The predicted octanol–water partition coefficient (Wildman–Crippen LogP) is 5.81. The molecule has 0 aliphatic carbocycles. The van der Waals surface area contributed by atoms with Crippen molar-refractivity contribution in [2.75, 3.05) is 0 Å². The maximum absolute atomic E-state index is 12.2. The minimum atomic E-state index is -0.578. The second-order valence-corrected chi connectivity index (χ2v) is 8.98. The molecule has 3 aromatic carbocycles. The fourth-order valence-corrected chi connectivity index (χ4v) is 4.48. The number of hydrogen-bond acceptors (Lipinski definition) is 2. The van der Waals surface area contributed by atoms with E-state index < -0.39 is 11.7 Å². The molecule has 5 rings (SSSR count). The molecule has 31 heavy (non-hydrogen) atoms. The number of pyridine rings is 2. The van der Waals surface area contributed by atoms with Gasteiger partial charge in [-0.1, -0.05) is 36.4 Å². The molecule has 0 atom stereocenters. The number of rotatable bonds is 0. The van der Waals surface area contributed by atoms with Crippen LogP contribution < -0.4 is 5.36 Å². The highest BCUT2D eigenvalue weighted by atomic mass is 16.6. The molecule has 0 saturated carbocycles. The molecule has 1 amide bonds. The van der Waals surface area contributed by atoms with E-state index >= 15 is 0 Å². The van der Waals surface area contributed by atoms with Gasteiger partial charge in [0.1, 0.15) is 5.60 Å². The molecular formula is C26H25N3O2. The van der Waals surface area contributed by atoms with E-state index in [1.54, 1.807) is 0 Å². The van der Waals surface area contributed by atoms with Crippen LogP contribution in [-0.4, -0.2) is 20.8 Å². The number of ether oxygens (including phenoxy) is 1. The van der Waals surface area contributed by atoms with E-state index in [2.05, 4.69) is 70.7 Å². The molecule has 0 saturated heterocycles. The van der Waals surface area contributed by atoms with Crippen molar-refractivity contribution in [1.29, 1.82) is 0 Å². The minimum Gasteiger partial charge on any atom is -0.442 e. The van der Waals surface area contributed by atoms with E-state index in [0.29, 0.717) is 5.36 Å². The van der Waals surface area contributed by atoms with Gasteiger partial charge >= 0.3 is 6.09 Å². The standard InChI is InChI=1S/C26H25N3O2/c1-26(2,3)31-25(30)27-16-13-14-17-18-10-8-12-21-23(18)24(29(5)22(17)15-16)19-9-6-7-11-20(19)28(21)4/h6-15H,1-5H3. The monoisotopic (exact) mass is 411 g/mol. The molecule has 0 spiro atoms. The molecule has 0 N–H and O–H groups in total. The molecule has 156 valence electrons. The van der Waals surface area contributed by atoms with Gasteiger partial charge < -0.3 is 13.9 Å². The topological polar surface area (TPSA) is 48.5 Å². The van der Waals surface area contributed by atoms with Gasteiger partial charge in [0.2, 0.25) is 0 Å². The minimum absolute atomic E-state index is 0.575. The van der Waals surface area contributed by atoms with E-state index in [1.807, 2.05) is 39.0 Å². The zero-order valence-corrected chi connectivity index (χ0v) is 18.4. The normalized spacial score (nSPS) is 13.0. The molecular weight excluding hydrogens is 386 g/mol. The van der Waals surface area contributed by atoms with Crippen LogP contribution >= 0.6 is 0 Å². The van der Waals surface area contributed by atoms with E-state index in [4.69, 9.17) is 4.74 Å². The molecule has 5 aromatic rings. The zero-order valence-electron chi connectivity index (χ0n) is 18.4. The van der Waals surface area contributed by atoms with Crippen LogP contribution in [0.4, 0.5) is 4.79 Å². The van der Waals surface area contributed by atoms with Crippen LogP contribution in [0.2, 0.25) is 0 Å². The Kier molecular flexibility index (Phi) is 4.19. The van der Waals surface area contributed by atoms with Crippen LogP contribution in [0.15, 0.2) is 65.7 Å². The second-order valence-electron chi connectivity index (χ2n) is 8.98. The number of carbonyl (C=O) groups is 1. The van der Waals surface area contributed by atoms with Crippen molar-refractivity contribution in [1.82, 2.24) is 9.13 Å². The maximum Gasteiger partial charge on any atom is 0.434 e. The van der Waals surface area contributed by atoms with E-state index in [1.165, 1.54) is 32.7 Å². The fraction of sp³-hybridized carbons (Fsp3) is 0.231. The van der Waals surface area contributed by atoms with Gasteiger partial charge in [-0.2, -0.15) is 4.99 Å². The summed E-state index contributed by atoms with van der Waals surface area (Å²) in [4.78, 5) is 16.4. The number of para-hydroxylation sites is 1. The van der Waals surface area contributed by atoms with Crippen molar-refractivity contribution in [3.05, 3.63) is 66.0 Å². The average molecular weight is 412 g/mol. The van der Waals surface area contributed by atoms with Crippen LogP contribution in [0.1, 0.15) is 20.8 Å². The third kappa shape index (κ3) is 3.08. The second kappa shape index (κ2) is 6.71. The summed E-state index contributed by atoms with van der Waals surface area (Å²) in [5.74, 6) is 0. The molecule has 0 radical (unpaired) electrons. The first kappa shape index (κ1) is 19.4. The van der Waals surface area contributed by atoms with Crippen LogP contribution in [0.3, 0.4) is 0 Å². The smallest absolute Gasteiger partial charge is 0.434 e. The molecule has 5 heteroatoms. The van der Waals surface area contributed by atoms with Crippen LogP contribution in [0.25, 0.3) is 43.6 Å². The number of nitrogens with zero attached hydrogens (tertiary/aromatic N) is 3. The van der Waals surface area contributed by atoms with Crippen molar-refractivity contribution in [3.8, 4) is 0 Å². The van der Waals surface area contributed by atoms with Gasteiger partial charge in [-0.3, -0.25) is 0 Å². The van der Waals surface area contributed by atoms with E-state index in [9.17, 15) is 4.79 Å². The summed E-state index contributed by atoms with van der Waals surface area (Å²) in [6.07, 6.45) is -0.578. The van der Waals surface area contributed by atoms with Crippen LogP contribution in [0.5, 0.6) is 0 Å². The van der Waals surface area contributed by atoms with E-state index in [0.717, 1.165) is 10.9 Å². The van der Waals surface area contributed by atoms with Gasteiger partial charge in [-0.25, -0.2) is 4.79 Å². The van der Waals surface area contributed by atoms with Crippen LogP contribution in [-0.2, 0) is 18.8 Å². The van der Waals surface area contributed by atoms with Crippen molar-refractivity contribution in [2.45, 2.75) is 26.4 Å². The summed E-state index contributed by atoms with van der Waals surface area (Å²) >= 11 is 0. The lowest BCUT2D eigenvalue weighted by atomic mass is 9.99. The van der Waals surface area contributed by atoms with Crippen LogP contribution in [0, 0.1) is 0 Å². The van der Waals surface area contributed by atoms with Crippen molar-refractivity contribution in [3.63, 3.8) is 0 Å². The lowest BCUT2D eigenvalue weighted by Crippen LogP contribution is -2.23. The Hall–Kier alpha value is -3.60. The number of fused-ring (bicyclic) bond motifs is 4. The molecule has 0 aliphatic rings. The Labute approximate surface area is 180 Å². The Morgan fingerprint density at radius 1 is 0.806 bits per heavy atom. The highest BCUT2D eigenvalue weighted by Gasteiger charge is 2.17. The number of aryl methyl sites for hydroxylation is 2. The highest BCUT2D eigenvalue weighted by molar-refractivity contribution is 6.24. The van der Waals surface area contributed by atoms with Gasteiger partial charge in [0.25, 0.3) is 0 Å². The zero-order chi connectivity index (χ0) is 21.9. The predicted molar refractivity (Wildman–Crippen MR) is 126 cm³/mol. The molecule has 0 unspecified atom stereocenters. The fourth-order valence-electron chi connectivity index (χ4n) is 4.48. The summed E-state index contributed by atoms with van der Waals surface area (Å²) in [5, 5.41) is 5.31. The first-order valence-corrected chi connectivity index (χ1v) is 10.4. The summed E-state index contributed by atoms with van der Waals surface area (Å²) in [5.41, 5.74) is 3.97. The van der Waals surface area contributed by atoms with Gasteiger partial charge in [-0.05, 0) is 50.4 Å². The van der Waals surface area contributed by atoms with Gasteiger partial charge in [0.05, 0.1) is 27.4 Å². The largest absolute Gasteiger partial charge is 0.442 e. The Bertz CT molecular complexity index is 1580. The Morgan fingerprint density at radius 2 is 1.52 bits per heavy atom. The maximum atomic E-state index is 12.2. The molecule has 5 nitrogen and oxygen atoms in total. The third-order valence-electron chi connectivity index (χ3n) is 5.74. The summed E-state index contributed by atoms with van der Waals surface area (Å²) in [6, 6.07) is 20.8. The van der Waals surface area contributed by atoms with E-state index in [-0.39, 0.29) is 0 Å². The molecule has 2 aromatic heterocycles.